The molecule has 1 aliphatic heterocycles. The van der Waals surface area contributed by atoms with Crippen molar-refractivity contribution in [1.82, 2.24) is 18.9 Å². The Hall–Kier alpha value is -3.04. The van der Waals surface area contributed by atoms with Crippen molar-refractivity contribution in [3.05, 3.63) is 51.4 Å². The molecule has 0 saturated carbocycles. The first-order valence-electron chi connectivity index (χ1n) is 10.6. The zero-order valence-corrected chi connectivity index (χ0v) is 17.9. The van der Waals surface area contributed by atoms with E-state index < -0.39 is 5.97 Å². The predicted octanol–water partition coefficient (Wildman–Crippen LogP) is 1.34. The van der Waals surface area contributed by atoms with Gasteiger partial charge in [0.2, 0.25) is 0 Å². The summed E-state index contributed by atoms with van der Waals surface area (Å²) in [6.07, 6.45) is 2.42. The molecule has 1 fully saturated rings. The monoisotopic (exact) mass is 425 g/mol. The summed E-state index contributed by atoms with van der Waals surface area (Å²) in [6, 6.07) is 5.13. The number of nitrogens with one attached hydrogen (secondary N) is 1. The summed E-state index contributed by atoms with van der Waals surface area (Å²) >= 11 is 0. The fourth-order valence-electron chi connectivity index (χ4n) is 3.96. The van der Waals surface area contributed by atoms with E-state index in [0.717, 1.165) is 44.8 Å². The standard InChI is InChI=1S/C22H27N5O4/c1-3-31-22(29)16-14-17-20(24-19-15(2)6-4-8-27(19)21(17)28)26(18(16)23)9-5-7-25-10-12-30-13-11-25/h4,6,8,14,23H,3,5,7,9-13H2,1-2H3. The highest BCUT2D eigenvalue weighted by Crippen LogP contribution is 2.14. The number of aromatic nitrogens is 3. The van der Waals surface area contributed by atoms with Crippen LogP contribution in [0.15, 0.2) is 29.2 Å². The topological polar surface area (TPSA) is 102 Å². The molecule has 0 spiro atoms. The second-order valence-electron chi connectivity index (χ2n) is 7.63. The van der Waals surface area contributed by atoms with Gasteiger partial charge < -0.3 is 14.0 Å². The zero-order valence-electron chi connectivity index (χ0n) is 17.9. The number of carbonyl (C=O) groups excluding carboxylic acids is 1. The first-order valence-corrected chi connectivity index (χ1v) is 10.6. The number of hydrogen-bond acceptors (Lipinski definition) is 7. The van der Waals surface area contributed by atoms with E-state index in [2.05, 4.69) is 4.90 Å². The molecule has 4 heterocycles. The van der Waals surface area contributed by atoms with Crippen LogP contribution in [0.2, 0.25) is 0 Å². The second-order valence-corrected chi connectivity index (χ2v) is 7.63. The van der Waals surface area contributed by atoms with E-state index in [1.807, 2.05) is 13.0 Å². The quantitative estimate of drug-likeness (QED) is 0.472. The number of ether oxygens (including phenoxy) is 2. The molecule has 0 aliphatic carbocycles. The van der Waals surface area contributed by atoms with Gasteiger partial charge in [0, 0.05) is 32.4 Å². The van der Waals surface area contributed by atoms with E-state index in [0.29, 0.717) is 23.2 Å². The van der Waals surface area contributed by atoms with Crippen molar-refractivity contribution in [3.8, 4) is 0 Å². The Morgan fingerprint density at radius 2 is 2.03 bits per heavy atom. The van der Waals surface area contributed by atoms with Crippen molar-refractivity contribution in [2.45, 2.75) is 26.8 Å². The number of rotatable bonds is 6. The third kappa shape index (κ3) is 4.11. The van der Waals surface area contributed by atoms with Gasteiger partial charge in [-0.3, -0.25) is 19.5 Å². The van der Waals surface area contributed by atoms with E-state index in [-0.39, 0.29) is 23.2 Å². The molecule has 9 nitrogen and oxygen atoms in total. The third-order valence-electron chi connectivity index (χ3n) is 5.59. The number of aryl methyl sites for hydroxylation is 2. The molecule has 0 amide bonds. The average Bonchev–Trinajstić information content (AvgIpc) is 2.77. The van der Waals surface area contributed by atoms with Crippen LogP contribution in [-0.2, 0) is 16.0 Å². The van der Waals surface area contributed by atoms with Crippen LogP contribution < -0.4 is 11.0 Å². The van der Waals surface area contributed by atoms with Crippen molar-refractivity contribution in [3.63, 3.8) is 0 Å². The van der Waals surface area contributed by atoms with Crippen molar-refractivity contribution in [2.75, 3.05) is 39.5 Å². The van der Waals surface area contributed by atoms with Gasteiger partial charge in [-0.1, -0.05) is 6.07 Å². The molecule has 164 valence electrons. The van der Waals surface area contributed by atoms with Crippen LogP contribution in [0, 0.1) is 12.3 Å². The van der Waals surface area contributed by atoms with Gasteiger partial charge in [0.15, 0.2) is 0 Å². The lowest BCUT2D eigenvalue weighted by Crippen LogP contribution is -2.38. The summed E-state index contributed by atoms with van der Waals surface area (Å²) in [5.41, 5.74) is 1.65. The second kappa shape index (κ2) is 8.99. The highest BCUT2D eigenvalue weighted by atomic mass is 16.5. The molecular formula is C22H27N5O4. The zero-order chi connectivity index (χ0) is 22.0. The number of nitrogens with zero attached hydrogens (tertiary/aromatic N) is 4. The van der Waals surface area contributed by atoms with Gasteiger partial charge >= 0.3 is 5.97 Å². The lowest BCUT2D eigenvalue weighted by molar-refractivity contribution is 0.0369. The minimum Gasteiger partial charge on any atom is -0.462 e. The molecule has 0 aromatic carbocycles. The van der Waals surface area contributed by atoms with E-state index in [1.165, 1.54) is 10.5 Å². The number of hydrogen-bond donors (Lipinski definition) is 1. The normalized spacial score (nSPS) is 14.9. The number of esters is 1. The molecule has 0 radical (unpaired) electrons. The number of pyridine rings is 2. The number of fused-ring (bicyclic) bond motifs is 2. The summed E-state index contributed by atoms with van der Waals surface area (Å²) in [4.78, 5) is 32.8. The van der Waals surface area contributed by atoms with Crippen LogP contribution in [-0.4, -0.2) is 64.3 Å². The fourth-order valence-corrected chi connectivity index (χ4v) is 3.96. The summed E-state index contributed by atoms with van der Waals surface area (Å²) in [6.45, 7) is 8.32. The molecule has 9 heteroatoms. The Kier molecular flexibility index (Phi) is 6.15. The maximum atomic E-state index is 13.2. The van der Waals surface area contributed by atoms with Crippen LogP contribution in [0.25, 0.3) is 16.7 Å². The fraction of sp³-hybridized carbons (Fsp3) is 0.455. The van der Waals surface area contributed by atoms with Gasteiger partial charge in [0.1, 0.15) is 22.3 Å². The maximum Gasteiger partial charge on any atom is 0.341 e. The van der Waals surface area contributed by atoms with Gasteiger partial charge in [-0.2, -0.15) is 0 Å². The van der Waals surface area contributed by atoms with E-state index in [1.54, 1.807) is 23.8 Å². The molecule has 0 atom stereocenters. The molecule has 0 bridgehead atoms. The number of carbonyl (C=O) groups is 1. The van der Waals surface area contributed by atoms with Crippen LogP contribution >= 0.6 is 0 Å². The smallest absolute Gasteiger partial charge is 0.341 e. The van der Waals surface area contributed by atoms with E-state index in [4.69, 9.17) is 19.9 Å². The Bertz CT molecular complexity index is 1240. The molecule has 4 rings (SSSR count). The molecular weight excluding hydrogens is 398 g/mol. The molecule has 1 aliphatic rings. The molecule has 3 aromatic rings. The molecule has 31 heavy (non-hydrogen) atoms. The van der Waals surface area contributed by atoms with Gasteiger partial charge in [0.25, 0.3) is 5.56 Å². The van der Waals surface area contributed by atoms with Crippen LogP contribution in [0.1, 0.15) is 29.3 Å². The molecule has 1 saturated heterocycles. The Morgan fingerprint density at radius 3 is 2.77 bits per heavy atom. The van der Waals surface area contributed by atoms with Gasteiger partial charge in [-0.15, -0.1) is 0 Å². The van der Waals surface area contributed by atoms with Gasteiger partial charge in [-0.25, -0.2) is 9.78 Å². The van der Waals surface area contributed by atoms with Crippen LogP contribution in [0.3, 0.4) is 0 Å². The highest BCUT2D eigenvalue weighted by Gasteiger charge is 2.19. The van der Waals surface area contributed by atoms with Crippen molar-refractivity contribution >= 4 is 22.6 Å². The van der Waals surface area contributed by atoms with Crippen molar-refractivity contribution < 1.29 is 14.3 Å². The van der Waals surface area contributed by atoms with E-state index in [9.17, 15) is 9.59 Å². The largest absolute Gasteiger partial charge is 0.462 e. The Labute approximate surface area is 179 Å². The summed E-state index contributed by atoms with van der Waals surface area (Å²) < 4.78 is 13.7. The lowest BCUT2D eigenvalue weighted by Gasteiger charge is -2.26. The Morgan fingerprint density at radius 1 is 1.26 bits per heavy atom. The minimum absolute atomic E-state index is 0.0118. The first kappa shape index (κ1) is 21.2. The number of morpholine rings is 1. The highest BCUT2D eigenvalue weighted by molar-refractivity contribution is 5.93. The van der Waals surface area contributed by atoms with Gasteiger partial charge in [0.05, 0.1) is 25.2 Å². The van der Waals surface area contributed by atoms with Crippen molar-refractivity contribution in [2.24, 2.45) is 0 Å². The average molecular weight is 425 g/mol. The van der Waals surface area contributed by atoms with Crippen LogP contribution in [0.5, 0.6) is 0 Å². The van der Waals surface area contributed by atoms with Crippen molar-refractivity contribution in [1.29, 1.82) is 5.41 Å². The van der Waals surface area contributed by atoms with E-state index >= 15 is 0 Å². The predicted molar refractivity (Wildman–Crippen MR) is 115 cm³/mol. The third-order valence-corrected chi connectivity index (χ3v) is 5.59. The van der Waals surface area contributed by atoms with Crippen LogP contribution in [0.4, 0.5) is 0 Å². The SMILES string of the molecule is CCOC(=O)c1cc2c(=O)n3cccc(C)c3nc2n(CCCN2CCOCC2)c1=N. The lowest BCUT2D eigenvalue weighted by atomic mass is 10.2. The summed E-state index contributed by atoms with van der Waals surface area (Å²) in [5.74, 6) is -0.606. The molecule has 1 N–H and O–H groups in total. The van der Waals surface area contributed by atoms with Gasteiger partial charge in [-0.05, 0) is 38.0 Å². The summed E-state index contributed by atoms with van der Waals surface area (Å²) in [7, 11) is 0. The first-order chi connectivity index (χ1) is 15.0. The maximum absolute atomic E-state index is 13.2. The molecule has 3 aromatic heterocycles. The Balaban J connectivity index is 1.83. The molecule has 0 unspecified atom stereocenters. The summed E-state index contributed by atoms with van der Waals surface area (Å²) in [5, 5.41) is 8.97. The minimum atomic E-state index is -0.606.